The van der Waals surface area contributed by atoms with E-state index in [-0.39, 0.29) is 0 Å². The van der Waals surface area contributed by atoms with Gasteiger partial charge in [0.1, 0.15) is 0 Å². The molecule has 1 aliphatic heterocycles. The van der Waals surface area contributed by atoms with E-state index in [1.165, 1.54) is 56.4 Å². The Morgan fingerprint density at radius 2 is 2.00 bits per heavy atom. The Labute approximate surface area is 120 Å². The van der Waals surface area contributed by atoms with Gasteiger partial charge in [-0.25, -0.2) is 0 Å². The molecule has 0 spiro atoms. The molecule has 0 atom stereocenters. The first-order valence-corrected chi connectivity index (χ1v) is 7.78. The van der Waals surface area contributed by atoms with Crippen molar-refractivity contribution < 1.29 is 0 Å². The zero-order valence-corrected chi connectivity index (χ0v) is 12.1. The Hall–Kier alpha value is -1.39. The molecule has 2 heterocycles. The molecule has 108 valence electrons. The van der Waals surface area contributed by atoms with E-state index in [1.54, 1.807) is 0 Å². The molecule has 0 unspecified atom stereocenters. The lowest BCUT2D eigenvalue weighted by atomic mass is 10.1. The molecule has 0 amide bonds. The van der Waals surface area contributed by atoms with E-state index >= 15 is 0 Å². The number of nitrogens with one attached hydrogen (secondary N) is 2. The smallest absolute Gasteiger partial charge is 0.0924 e. The second kappa shape index (κ2) is 6.86. The molecular weight excluding hydrogens is 248 g/mol. The van der Waals surface area contributed by atoms with Crippen LogP contribution in [-0.4, -0.2) is 41.3 Å². The predicted molar refractivity (Wildman–Crippen MR) is 82.7 cm³/mol. The summed E-state index contributed by atoms with van der Waals surface area (Å²) in [5.41, 5.74) is 2.25. The van der Waals surface area contributed by atoms with Gasteiger partial charge in [-0.2, -0.15) is 5.10 Å². The topological polar surface area (TPSA) is 44.0 Å². The monoisotopic (exact) mass is 272 g/mol. The predicted octanol–water partition coefficient (Wildman–Crippen LogP) is 2.53. The quantitative estimate of drug-likeness (QED) is 0.794. The SMILES string of the molecule is c1ccc2c(CNCCCN3CCCCC3)[nH]nc2c1. The summed E-state index contributed by atoms with van der Waals surface area (Å²) in [7, 11) is 0. The molecule has 3 rings (SSSR count). The van der Waals surface area contributed by atoms with Crippen LogP contribution in [0.4, 0.5) is 0 Å². The fraction of sp³-hybridized carbons (Fsp3) is 0.562. The summed E-state index contributed by atoms with van der Waals surface area (Å²) in [5, 5.41) is 12.2. The van der Waals surface area contributed by atoms with Crippen molar-refractivity contribution in [3.8, 4) is 0 Å². The van der Waals surface area contributed by atoms with E-state index in [0.29, 0.717) is 0 Å². The molecule has 1 fully saturated rings. The van der Waals surface area contributed by atoms with Gasteiger partial charge in [-0.15, -0.1) is 0 Å². The molecular formula is C16H24N4. The third kappa shape index (κ3) is 3.38. The number of benzene rings is 1. The number of hydrogen-bond acceptors (Lipinski definition) is 3. The van der Waals surface area contributed by atoms with Crippen LogP contribution in [0.5, 0.6) is 0 Å². The Bertz CT molecular complexity index is 528. The van der Waals surface area contributed by atoms with Crippen molar-refractivity contribution in [2.45, 2.75) is 32.2 Å². The first-order chi connectivity index (χ1) is 9.93. The lowest BCUT2D eigenvalue weighted by Gasteiger charge is -2.26. The van der Waals surface area contributed by atoms with Gasteiger partial charge in [0.25, 0.3) is 0 Å². The van der Waals surface area contributed by atoms with Gasteiger partial charge in [-0.3, -0.25) is 5.10 Å². The summed E-state index contributed by atoms with van der Waals surface area (Å²) in [6.07, 6.45) is 5.41. The third-order valence-electron chi connectivity index (χ3n) is 4.12. The van der Waals surface area contributed by atoms with Crippen LogP contribution >= 0.6 is 0 Å². The molecule has 1 aromatic heterocycles. The molecule has 0 bridgehead atoms. The molecule has 20 heavy (non-hydrogen) atoms. The van der Waals surface area contributed by atoms with Crippen LogP contribution in [0.1, 0.15) is 31.4 Å². The molecule has 4 nitrogen and oxygen atoms in total. The normalized spacial score (nSPS) is 16.8. The highest BCUT2D eigenvalue weighted by atomic mass is 15.1. The summed E-state index contributed by atoms with van der Waals surface area (Å²) < 4.78 is 0. The molecule has 1 aliphatic rings. The molecule has 0 radical (unpaired) electrons. The molecule has 4 heteroatoms. The van der Waals surface area contributed by atoms with Crippen molar-refractivity contribution in [2.24, 2.45) is 0 Å². The Morgan fingerprint density at radius 3 is 2.90 bits per heavy atom. The van der Waals surface area contributed by atoms with Crippen molar-refractivity contribution >= 4 is 10.9 Å². The minimum Gasteiger partial charge on any atom is -0.311 e. The largest absolute Gasteiger partial charge is 0.311 e. The Morgan fingerprint density at radius 1 is 1.15 bits per heavy atom. The number of H-pyrrole nitrogens is 1. The first kappa shape index (κ1) is 13.6. The fourth-order valence-corrected chi connectivity index (χ4v) is 2.97. The first-order valence-electron chi connectivity index (χ1n) is 7.78. The summed E-state index contributed by atoms with van der Waals surface area (Å²) >= 11 is 0. The van der Waals surface area contributed by atoms with Crippen LogP contribution in [0, 0.1) is 0 Å². The molecule has 1 aromatic carbocycles. The van der Waals surface area contributed by atoms with Gasteiger partial charge in [0.2, 0.25) is 0 Å². The summed E-state index contributed by atoms with van der Waals surface area (Å²) in [5.74, 6) is 0. The average molecular weight is 272 g/mol. The second-order valence-electron chi connectivity index (χ2n) is 5.65. The summed E-state index contributed by atoms with van der Waals surface area (Å²) in [4.78, 5) is 2.59. The maximum Gasteiger partial charge on any atom is 0.0924 e. The molecule has 0 aliphatic carbocycles. The Balaban J connectivity index is 1.39. The third-order valence-corrected chi connectivity index (χ3v) is 4.12. The van der Waals surface area contributed by atoms with Crippen LogP contribution in [-0.2, 0) is 6.54 Å². The maximum absolute atomic E-state index is 4.32. The van der Waals surface area contributed by atoms with Crippen LogP contribution in [0.3, 0.4) is 0 Å². The van der Waals surface area contributed by atoms with Gasteiger partial charge in [-0.05, 0) is 51.5 Å². The van der Waals surface area contributed by atoms with Gasteiger partial charge in [0.05, 0.1) is 11.2 Å². The number of likely N-dealkylation sites (tertiary alicyclic amines) is 1. The van der Waals surface area contributed by atoms with Gasteiger partial charge < -0.3 is 10.2 Å². The van der Waals surface area contributed by atoms with E-state index in [0.717, 1.165) is 18.6 Å². The van der Waals surface area contributed by atoms with Crippen LogP contribution in [0.25, 0.3) is 10.9 Å². The van der Waals surface area contributed by atoms with Crippen molar-refractivity contribution in [3.63, 3.8) is 0 Å². The van der Waals surface area contributed by atoms with E-state index < -0.39 is 0 Å². The molecule has 2 N–H and O–H groups in total. The van der Waals surface area contributed by atoms with Crippen molar-refractivity contribution in [2.75, 3.05) is 26.2 Å². The Kier molecular flexibility index (Phi) is 4.66. The van der Waals surface area contributed by atoms with Crippen molar-refractivity contribution in [1.29, 1.82) is 0 Å². The lowest BCUT2D eigenvalue weighted by molar-refractivity contribution is 0.225. The lowest BCUT2D eigenvalue weighted by Crippen LogP contribution is -2.32. The number of piperidine rings is 1. The minimum absolute atomic E-state index is 0.876. The van der Waals surface area contributed by atoms with Crippen LogP contribution < -0.4 is 5.32 Å². The highest BCUT2D eigenvalue weighted by Crippen LogP contribution is 2.14. The highest BCUT2D eigenvalue weighted by molar-refractivity contribution is 5.81. The average Bonchev–Trinajstić information content (AvgIpc) is 2.91. The van der Waals surface area contributed by atoms with E-state index in [9.17, 15) is 0 Å². The molecule has 2 aromatic rings. The van der Waals surface area contributed by atoms with Crippen molar-refractivity contribution in [3.05, 3.63) is 30.0 Å². The van der Waals surface area contributed by atoms with Crippen LogP contribution in [0.2, 0.25) is 0 Å². The maximum atomic E-state index is 4.32. The van der Waals surface area contributed by atoms with E-state index in [2.05, 4.69) is 32.5 Å². The second-order valence-corrected chi connectivity index (χ2v) is 5.65. The number of fused-ring (bicyclic) bond motifs is 1. The number of para-hydroxylation sites is 1. The number of hydrogen-bond donors (Lipinski definition) is 2. The van der Waals surface area contributed by atoms with Gasteiger partial charge in [0, 0.05) is 11.9 Å². The van der Waals surface area contributed by atoms with Crippen LogP contribution in [0.15, 0.2) is 24.3 Å². The van der Waals surface area contributed by atoms with E-state index in [1.807, 2.05) is 12.1 Å². The molecule has 1 saturated heterocycles. The number of nitrogens with zero attached hydrogens (tertiary/aromatic N) is 2. The van der Waals surface area contributed by atoms with E-state index in [4.69, 9.17) is 0 Å². The molecule has 0 saturated carbocycles. The standard InChI is InChI=1S/C16H24N4/c1-4-10-20(11-5-1)12-6-9-17-13-16-14-7-2-3-8-15(14)18-19-16/h2-3,7-8,17H,1,4-6,9-13H2,(H,18,19). The number of aromatic nitrogens is 2. The number of rotatable bonds is 6. The van der Waals surface area contributed by atoms with Crippen molar-refractivity contribution in [1.82, 2.24) is 20.4 Å². The summed E-state index contributed by atoms with van der Waals surface area (Å²) in [6, 6.07) is 8.27. The minimum atomic E-state index is 0.876. The van der Waals surface area contributed by atoms with Gasteiger partial charge >= 0.3 is 0 Å². The van der Waals surface area contributed by atoms with Gasteiger partial charge in [0.15, 0.2) is 0 Å². The summed E-state index contributed by atoms with van der Waals surface area (Å²) in [6.45, 7) is 5.78. The fourth-order valence-electron chi connectivity index (χ4n) is 2.97. The zero-order valence-electron chi connectivity index (χ0n) is 12.1. The zero-order chi connectivity index (χ0) is 13.6. The number of aromatic amines is 1. The highest BCUT2D eigenvalue weighted by Gasteiger charge is 2.09. The van der Waals surface area contributed by atoms with Gasteiger partial charge in [-0.1, -0.05) is 24.6 Å².